The monoisotopic (exact) mass is 461 g/mol. The summed E-state index contributed by atoms with van der Waals surface area (Å²) in [5.74, 6) is 0.186. The molecule has 1 aliphatic carbocycles. The van der Waals surface area contributed by atoms with Crippen molar-refractivity contribution in [3.05, 3.63) is 31.8 Å². The van der Waals surface area contributed by atoms with Gasteiger partial charge in [0.05, 0.1) is 5.56 Å². The molecule has 2 aliphatic rings. The van der Waals surface area contributed by atoms with E-state index >= 15 is 0 Å². The van der Waals surface area contributed by atoms with E-state index in [4.69, 9.17) is 0 Å². The van der Waals surface area contributed by atoms with E-state index in [2.05, 4.69) is 43.4 Å². The molecule has 0 atom stereocenters. The molecule has 1 aromatic carbocycles. The Morgan fingerprint density at radius 3 is 2.43 bits per heavy atom. The van der Waals surface area contributed by atoms with Crippen LogP contribution >= 0.6 is 38.5 Å². The number of likely N-dealkylation sites (tertiary alicyclic amines) is 1. The molecule has 0 aromatic heterocycles. The lowest BCUT2D eigenvalue weighted by molar-refractivity contribution is 0.0471. The minimum Gasteiger partial charge on any atom is -0.339 e. The Kier molecular flexibility index (Phi) is 4.94. The lowest BCUT2D eigenvalue weighted by Crippen LogP contribution is -2.44. The summed E-state index contributed by atoms with van der Waals surface area (Å²) >= 11 is 5.78. The summed E-state index contributed by atoms with van der Waals surface area (Å²) in [5, 5.41) is 0. The van der Waals surface area contributed by atoms with E-state index < -0.39 is 0 Å². The van der Waals surface area contributed by atoms with Crippen molar-refractivity contribution < 1.29 is 4.79 Å². The molecule has 1 saturated carbocycles. The molecule has 4 heteroatoms. The minimum atomic E-state index is 0.186. The van der Waals surface area contributed by atoms with E-state index in [0.717, 1.165) is 26.7 Å². The van der Waals surface area contributed by atoms with Gasteiger partial charge in [-0.05, 0) is 87.8 Å². The molecule has 0 radical (unpaired) electrons. The molecule has 0 N–H and O–H groups in total. The zero-order chi connectivity index (χ0) is 14.9. The van der Waals surface area contributed by atoms with Crippen molar-refractivity contribution >= 4 is 44.4 Å². The van der Waals surface area contributed by atoms with Crippen LogP contribution in [0.15, 0.2) is 22.7 Å². The predicted octanol–water partition coefficient (Wildman–Crippen LogP) is 5.24. The van der Waals surface area contributed by atoms with E-state index in [1.807, 2.05) is 18.2 Å². The molecule has 0 bridgehead atoms. The quantitative estimate of drug-likeness (QED) is 0.523. The Labute approximate surface area is 148 Å². The lowest BCUT2D eigenvalue weighted by Gasteiger charge is -2.44. The third-order valence-electron chi connectivity index (χ3n) is 5.18. The first-order chi connectivity index (χ1) is 10.1. The number of carbonyl (C=O) groups excluding carboxylic acids is 1. The van der Waals surface area contributed by atoms with Crippen LogP contribution in [0.1, 0.15) is 55.3 Å². The fraction of sp³-hybridized carbons (Fsp3) is 0.588. The predicted molar refractivity (Wildman–Crippen MR) is 97.5 cm³/mol. The zero-order valence-electron chi connectivity index (χ0n) is 12.2. The smallest absolute Gasteiger partial charge is 0.255 e. The van der Waals surface area contributed by atoms with Crippen molar-refractivity contribution in [2.75, 3.05) is 13.1 Å². The van der Waals surface area contributed by atoms with Crippen LogP contribution < -0.4 is 0 Å². The first-order valence-corrected chi connectivity index (χ1v) is 9.71. The van der Waals surface area contributed by atoms with Crippen molar-refractivity contribution in [2.24, 2.45) is 5.41 Å². The van der Waals surface area contributed by atoms with Gasteiger partial charge in [0, 0.05) is 21.1 Å². The molecule has 1 aromatic rings. The molecular weight excluding hydrogens is 441 g/mol. The molecule has 1 saturated heterocycles. The molecule has 2 nitrogen and oxygen atoms in total. The number of carbonyl (C=O) groups is 1. The first kappa shape index (κ1) is 15.8. The van der Waals surface area contributed by atoms with Crippen LogP contribution in [-0.2, 0) is 0 Å². The van der Waals surface area contributed by atoms with Gasteiger partial charge >= 0.3 is 0 Å². The second-order valence-electron chi connectivity index (χ2n) is 6.48. The molecule has 1 amide bonds. The molecule has 114 valence electrons. The van der Waals surface area contributed by atoms with Crippen molar-refractivity contribution in [1.29, 1.82) is 0 Å². The number of amides is 1. The summed E-state index contributed by atoms with van der Waals surface area (Å²) in [5.41, 5.74) is 1.36. The van der Waals surface area contributed by atoms with E-state index in [1.54, 1.807) is 0 Å². The summed E-state index contributed by atoms with van der Waals surface area (Å²) < 4.78 is 2.02. The van der Waals surface area contributed by atoms with Crippen LogP contribution in [-0.4, -0.2) is 23.9 Å². The fourth-order valence-corrected chi connectivity index (χ4v) is 4.73. The maximum Gasteiger partial charge on any atom is 0.255 e. The molecule has 1 spiro atoms. The highest BCUT2D eigenvalue weighted by Crippen LogP contribution is 2.44. The topological polar surface area (TPSA) is 20.3 Å². The average molecular weight is 462 g/mol. The lowest BCUT2D eigenvalue weighted by atomic mass is 9.68. The van der Waals surface area contributed by atoms with Crippen molar-refractivity contribution in [3.8, 4) is 0 Å². The van der Waals surface area contributed by atoms with E-state index in [1.165, 1.54) is 44.9 Å². The van der Waals surface area contributed by atoms with Gasteiger partial charge in [0.2, 0.25) is 0 Å². The Morgan fingerprint density at radius 2 is 1.76 bits per heavy atom. The molecule has 1 aliphatic heterocycles. The number of benzene rings is 1. The van der Waals surface area contributed by atoms with Gasteiger partial charge in [-0.3, -0.25) is 4.79 Å². The molecule has 0 unspecified atom stereocenters. The maximum absolute atomic E-state index is 12.7. The molecule has 21 heavy (non-hydrogen) atoms. The van der Waals surface area contributed by atoms with Crippen LogP contribution in [0.25, 0.3) is 0 Å². The summed E-state index contributed by atoms with van der Waals surface area (Å²) in [6.45, 7) is 1.85. The Balaban J connectivity index is 1.69. The highest BCUT2D eigenvalue weighted by Gasteiger charge is 2.36. The van der Waals surface area contributed by atoms with Gasteiger partial charge in [-0.25, -0.2) is 0 Å². The van der Waals surface area contributed by atoms with Gasteiger partial charge in [0.25, 0.3) is 5.91 Å². The Morgan fingerprint density at radius 1 is 1.10 bits per heavy atom. The number of rotatable bonds is 1. The fourth-order valence-electron chi connectivity index (χ4n) is 3.82. The molecule has 2 fully saturated rings. The van der Waals surface area contributed by atoms with Crippen LogP contribution in [0.3, 0.4) is 0 Å². The zero-order valence-corrected chi connectivity index (χ0v) is 16.0. The van der Waals surface area contributed by atoms with Crippen molar-refractivity contribution in [1.82, 2.24) is 4.90 Å². The van der Waals surface area contributed by atoms with Gasteiger partial charge in [-0.1, -0.05) is 19.3 Å². The summed E-state index contributed by atoms with van der Waals surface area (Å²) in [4.78, 5) is 14.8. The SMILES string of the molecule is O=C(c1cc(I)ccc1Br)N1CCC2(CCCCC2)CC1. The van der Waals surface area contributed by atoms with Crippen molar-refractivity contribution in [2.45, 2.75) is 44.9 Å². The molecule has 3 rings (SSSR count). The van der Waals surface area contributed by atoms with E-state index in [0.29, 0.717) is 5.41 Å². The van der Waals surface area contributed by atoms with Crippen LogP contribution in [0.4, 0.5) is 0 Å². The first-order valence-electron chi connectivity index (χ1n) is 7.84. The highest BCUT2D eigenvalue weighted by atomic mass is 127. The van der Waals surface area contributed by atoms with Gasteiger partial charge in [0.15, 0.2) is 0 Å². The van der Waals surface area contributed by atoms with Crippen LogP contribution in [0, 0.1) is 8.99 Å². The number of nitrogens with zero attached hydrogens (tertiary/aromatic N) is 1. The number of hydrogen-bond acceptors (Lipinski definition) is 1. The van der Waals surface area contributed by atoms with E-state index in [9.17, 15) is 4.79 Å². The van der Waals surface area contributed by atoms with Crippen molar-refractivity contribution in [3.63, 3.8) is 0 Å². The second-order valence-corrected chi connectivity index (χ2v) is 8.58. The van der Waals surface area contributed by atoms with E-state index in [-0.39, 0.29) is 5.91 Å². The highest BCUT2D eigenvalue weighted by molar-refractivity contribution is 14.1. The minimum absolute atomic E-state index is 0.186. The van der Waals surface area contributed by atoms with Crippen LogP contribution in [0.2, 0.25) is 0 Å². The van der Waals surface area contributed by atoms with Crippen LogP contribution in [0.5, 0.6) is 0 Å². The van der Waals surface area contributed by atoms with Gasteiger partial charge < -0.3 is 4.90 Å². The Hall–Kier alpha value is -0.100. The summed E-state index contributed by atoms with van der Waals surface area (Å²) in [7, 11) is 0. The largest absolute Gasteiger partial charge is 0.339 e. The third-order valence-corrected chi connectivity index (χ3v) is 6.55. The summed E-state index contributed by atoms with van der Waals surface area (Å²) in [6, 6.07) is 5.98. The standard InChI is InChI=1S/C17H21BrINO/c18-15-5-4-13(19)12-14(15)16(21)20-10-8-17(9-11-20)6-2-1-3-7-17/h4-5,12H,1-3,6-11H2. The molecular formula is C17H21BrINO. The number of piperidine rings is 1. The van der Waals surface area contributed by atoms with Gasteiger partial charge in [0.1, 0.15) is 0 Å². The van der Waals surface area contributed by atoms with Gasteiger partial charge in [-0.15, -0.1) is 0 Å². The molecule has 1 heterocycles. The van der Waals surface area contributed by atoms with Gasteiger partial charge in [-0.2, -0.15) is 0 Å². The summed E-state index contributed by atoms with van der Waals surface area (Å²) in [6.07, 6.45) is 9.32. The number of hydrogen-bond donors (Lipinski definition) is 0. The second kappa shape index (κ2) is 6.57. The average Bonchev–Trinajstić information content (AvgIpc) is 2.51. The number of halogens is 2. The normalized spacial score (nSPS) is 21.5. The third kappa shape index (κ3) is 3.46. The maximum atomic E-state index is 12.7. The Bertz CT molecular complexity index is 530.